The minimum atomic E-state index is -0.414. The van der Waals surface area contributed by atoms with Crippen LogP contribution in [0.1, 0.15) is 15.9 Å². The van der Waals surface area contributed by atoms with E-state index in [0.29, 0.717) is 18.5 Å². The number of amides is 1. The molecule has 0 aromatic heterocycles. The fraction of sp³-hybridized carbons (Fsp3) is 0.300. The molecule has 1 amide bonds. The van der Waals surface area contributed by atoms with Gasteiger partial charge in [-0.15, -0.1) is 0 Å². The summed E-state index contributed by atoms with van der Waals surface area (Å²) in [6.45, 7) is 2.37. The van der Waals surface area contributed by atoms with E-state index in [2.05, 4.69) is 10.9 Å². The molecule has 2 aromatic carbocycles. The standard InChI is InChI=1S/C20H19BN4O3/c22-14-21-8-11-23(12-9-21)17-3-1-15(2-4-17)20(26)24-10-7-16-13-18(25(27)28)5-6-19(16)24/h1-6,13H,7-12H2. The fourth-order valence-electron chi connectivity index (χ4n) is 3.95. The van der Waals surface area contributed by atoms with Gasteiger partial charge in [-0.05, 0) is 55.0 Å². The quantitative estimate of drug-likeness (QED) is 0.468. The van der Waals surface area contributed by atoms with Gasteiger partial charge in [0.15, 0.2) is 0 Å². The number of fused-ring (bicyclic) bond motifs is 1. The Labute approximate surface area is 163 Å². The molecule has 28 heavy (non-hydrogen) atoms. The smallest absolute Gasteiger partial charge is 0.271 e. The summed E-state index contributed by atoms with van der Waals surface area (Å²) in [4.78, 5) is 27.4. The Morgan fingerprint density at radius 1 is 1.11 bits per heavy atom. The van der Waals surface area contributed by atoms with Crippen LogP contribution in [0.3, 0.4) is 0 Å². The molecule has 8 heteroatoms. The average Bonchev–Trinajstić information content (AvgIpc) is 3.16. The van der Waals surface area contributed by atoms with Crippen LogP contribution in [0.15, 0.2) is 42.5 Å². The number of carbonyl (C=O) groups excluding carboxylic acids is 1. The third kappa shape index (κ3) is 3.31. The lowest BCUT2D eigenvalue weighted by molar-refractivity contribution is -0.384. The van der Waals surface area contributed by atoms with Crippen LogP contribution in [0, 0.1) is 21.3 Å². The summed E-state index contributed by atoms with van der Waals surface area (Å²) in [6, 6.07) is 12.2. The van der Waals surface area contributed by atoms with Crippen molar-refractivity contribution < 1.29 is 9.72 Å². The minimum Gasteiger partial charge on any atom is -0.373 e. The molecule has 2 heterocycles. The highest BCUT2D eigenvalue weighted by Gasteiger charge is 2.27. The number of nitro groups is 1. The van der Waals surface area contributed by atoms with E-state index < -0.39 is 4.92 Å². The van der Waals surface area contributed by atoms with Gasteiger partial charge in [0, 0.05) is 54.7 Å². The highest BCUT2D eigenvalue weighted by atomic mass is 16.6. The lowest BCUT2D eigenvalue weighted by Crippen LogP contribution is -2.36. The second-order valence-electron chi connectivity index (χ2n) is 7.21. The summed E-state index contributed by atoms with van der Waals surface area (Å²) in [7, 11) is 0. The maximum Gasteiger partial charge on any atom is 0.271 e. The molecule has 0 aliphatic carbocycles. The average molecular weight is 374 g/mol. The summed E-state index contributed by atoms with van der Waals surface area (Å²) < 4.78 is 0. The summed E-state index contributed by atoms with van der Waals surface area (Å²) in [5.41, 5.74) is 3.29. The molecule has 1 saturated heterocycles. The lowest BCUT2D eigenvalue weighted by atomic mass is 9.45. The van der Waals surface area contributed by atoms with Crippen LogP contribution in [0.25, 0.3) is 0 Å². The molecule has 1 fully saturated rings. The largest absolute Gasteiger partial charge is 0.373 e. The van der Waals surface area contributed by atoms with Gasteiger partial charge >= 0.3 is 0 Å². The first-order valence-corrected chi connectivity index (χ1v) is 9.40. The first kappa shape index (κ1) is 18.0. The van der Waals surface area contributed by atoms with Crippen LogP contribution in [-0.2, 0) is 6.42 Å². The Kier molecular flexibility index (Phi) is 4.74. The van der Waals surface area contributed by atoms with E-state index >= 15 is 0 Å². The summed E-state index contributed by atoms with van der Waals surface area (Å²) in [5.74, 6) is 2.24. The zero-order valence-electron chi connectivity index (χ0n) is 15.4. The van der Waals surface area contributed by atoms with Gasteiger partial charge in [-0.2, -0.15) is 0 Å². The van der Waals surface area contributed by atoms with Crippen molar-refractivity contribution in [2.45, 2.75) is 19.1 Å². The predicted octanol–water partition coefficient (Wildman–Crippen LogP) is 3.18. The van der Waals surface area contributed by atoms with Gasteiger partial charge in [0.05, 0.1) is 4.92 Å². The number of nitro benzene ring substituents is 1. The monoisotopic (exact) mass is 374 g/mol. The minimum absolute atomic E-state index is 0.0533. The van der Waals surface area contributed by atoms with E-state index in [-0.39, 0.29) is 18.3 Å². The molecular formula is C20H19BN4O3. The van der Waals surface area contributed by atoms with Gasteiger partial charge in [-0.25, -0.2) is 5.26 Å². The molecule has 0 saturated carbocycles. The van der Waals surface area contributed by atoms with Gasteiger partial charge < -0.3 is 9.80 Å². The number of nitriles is 1. The third-order valence-corrected chi connectivity index (χ3v) is 5.57. The van der Waals surface area contributed by atoms with Crippen LogP contribution < -0.4 is 9.80 Å². The SMILES string of the molecule is N#CB1CCN(c2ccc(C(=O)N3CCc4cc([N+](=O)[O-])ccc43)cc2)CC1. The van der Waals surface area contributed by atoms with Crippen molar-refractivity contribution in [3.63, 3.8) is 0 Å². The van der Waals surface area contributed by atoms with Gasteiger partial charge in [0.1, 0.15) is 0 Å². The van der Waals surface area contributed by atoms with E-state index in [1.165, 1.54) is 6.07 Å². The zero-order valence-corrected chi connectivity index (χ0v) is 15.4. The fourth-order valence-corrected chi connectivity index (χ4v) is 3.95. The second kappa shape index (κ2) is 7.35. The van der Waals surface area contributed by atoms with Crippen LogP contribution in [0.2, 0.25) is 12.6 Å². The number of non-ortho nitro benzene ring substituents is 1. The molecule has 4 rings (SSSR count). The number of hydrogen-bond donors (Lipinski definition) is 0. The summed E-state index contributed by atoms with van der Waals surface area (Å²) in [5, 5.41) is 20.0. The Bertz CT molecular complexity index is 962. The van der Waals surface area contributed by atoms with Crippen LogP contribution >= 0.6 is 0 Å². The maximum atomic E-state index is 12.9. The maximum absolute atomic E-state index is 12.9. The molecule has 7 nitrogen and oxygen atoms in total. The van der Waals surface area contributed by atoms with Crippen molar-refractivity contribution >= 4 is 29.7 Å². The van der Waals surface area contributed by atoms with E-state index in [1.54, 1.807) is 17.0 Å². The third-order valence-electron chi connectivity index (χ3n) is 5.57. The van der Waals surface area contributed by atoms with Crippen LogP contribution in [0.4, 0.5) is 17.1 Å². The molecule has 2 aliphatic heterocycles. The van der Waals surface area contributed by atoms with E-state index in [9.17, 15) is 14.9 Å². The molecule has 0 spiro atoms. The molecule has 0 atom stereocenters. The first-order valence-electron chi connectivity index (χ1n) is 9.40. The first-order chi connectivity index (χ1) is 13.6. The molecule has 0 N–H and O–H groups in total. The Hall–Kier alpha value is -3.34. The molecule has 2 aromatic rings. The summed E-state index contributed by atoms with van der Waals surface area (Å²) in [6.07, 6.45) is 2.36. The number of benzene rings is 2. The van der Waals surface area contributed by atoms with Gasteiger partial charge in [0.2, 0.25) is 0 Å². The number of carbonyl (C=O) groups is 1. The topological polar surface area (TPSA) is 90.5 Å². The second-order valence-corrected chi connectivity index (χ2v) is 7.21. The van der Waals surface area contributed by atoms with Crippen molar-refractivity contribution in [3.05, 3.63) is 63.7 Å². The number of nitrogens with zero attached hydrogens (tertiary/aromatic N) is 4. The van der Waals surface area contributed by atoms with E-state index in [1.807, 2.05) is 24.3 Å². The number of rotatable bonds is 3. The Balaban J connectivity index is 1.48. The van der Waals surface area contributed by atoms with Gasteiger partial charge in [-0.3, -0.25) is 14.9 Å². The van der Waals surface area contributed by atoms with Crippen molar-refractivity contribution in [2.24, 2.45) is 0 Å². The van der Waals surface area contributed by atoms with Crippen molar-refractivity contribution in [2.75, 3.05) is 29.4 Å². The predicted molar refractivity (Wildman–Crippen MR) is 108 cm³/mol. The highest BCUT2D eigenvalue weighted by molar-refractivity contribution is 6.67. The molecule has 0 bridgehead atoms. The number of anilines is 2. The molecular weight excluding hydrogens is 355 g/mol. The van der Waals surface area contributed by atoms with Crippen LogP contribution in [0.5, 0.6) is 0 Å². The van der Waals surface area contributed by atoms with Crippen molar-refractivity contribution in [3.8, 4) is 5.97 Å². The van der Waals surface area contributed by atoms with Crippen molar-refractivity contribution in [1.82, 2.24) is 0 Å². The zero-order chi connectivity index (χ0) is 19.7. The van der Waals surface area contributed by atoms with Crippen molar-refractivity contribution in [1.29, 1.82) is 5.26 Å². The molecule has 0 radical (unpaired) electrons. The lowest BCUT2D eigenvalue weighted by Gasteiger charge is -2.30. The highest BCUT2D eigenvalue weighted by Crippen LogP contribution is 2.32. The Morgan fingerprint density at radius 2 is 1.82 bits per heavy atom. The molecule has 140 valence electrons. The molecule has 0 unspecified atom stereocenters. The Morgan fingerprint density at radius 3 is 2.46 bits per heavy atom. The van der Waals surface area contributed by atoms with Gasteiger partial charge in [-0.1, -0.05) is 0 Å². The number of hydrogen-bond acceptors (Lipinski definition) is 5. The van der Waals surface area contributed by atoms with Gasteiger partial charge in [0.25, 0.3) is 18.3 Å². The van der Waals surface area contributed by atoms with Crippen LogP contribution in [-0.4, -0.2) is 37.2 Å². The normalized spacial score (nSPS) is 15.9. The van der Waals surface area contributed by atoms with E-state index in [0.717, 1.165) is 42.7 Å². The molecule has 2 aliphatic rings. The van der Waals surface area contributed by atoms with E-state index in [4.69, 9.17) is 5.26 Å². The summed E-state index contributed by atoms with van der Waals surface area (Å²) >= 11 is 0.